The number of rotatable bonds is 4. The Labute approximate surface area is 124 Å². The van der Waals surface area contributed by atoms with Crippen molar-refractivity contribution < 1.29 is 13.9 Å². The Hall–Kier alpha value is -1.46. The van der Waals surface area contributed by atoms with E-state index in [1.54, 1.807) is 0 Å². The minimum atomic E-state index is -1.05. The Balaban J connectivity index is 2.08. The van der Waals surface area contributed by atoms with Crippen molar-refractivity contribution in [3.05, 3.63) is 63.6 Å². The van der Waals surface area contributed by atoms with E-state index in [1.165, 1.54) is 6.07 Å². The summed E-state index contributed by atoms with van der Waals surface area (Å²) in [5, 5.41) is 13.0. The lowest BCUT2D eigenvalue weighted by Gasteiger charge is -2.16. The summed E-state index contributed by atoms with van der Waals surface area (Å²) in [4.78, 5) is 0. The fourth-order valence-electron chi connectivity index (χ4n) is 1.89. The van der Waals surface area contributed by atoms with Gasteiger partial charge >= 0.3 is 0 Å². The van der Waals surface area contributed by atoms with Gasteiger partial charge in [0.15, 0.2) is 0 Å². The number of halogens is 3. The van der Waals surface area contributed by atoms with Crippen LogP contribution in [0.4, 0.5) is 14.5 Å². The molecule has 2 N–H and O–H groups in total. The Morgan fingerprint density at radius 3 is 2.70 bits per heavy atom. The standard InChI is InChI=1S/C15H14BrF2NO/c1-9-12(16)3-2-4-14(9)19-8-15(20)11-6-5-10(17)7-13(11)18/h2-7,15,19-20H,8H2,1H3. The zero-order valence-electron chi connectivity index (χ0n) is 10.8. The molecule has 1 atom stereocenters. The normalized spacial score (nSPS) is 12.2. The average molecular weight is 342 g/mol. The van der Waals surface area contributed by atoms with Gasteiger partial charge in [0.1, 0.15) is 11.6 Å². The summed E-state index contributed by atoms with van der Waals surface area (Å²) in [7, 11) is 0. The largest absolute Gasteiger partial charge is 0.386 e. The van der Waals surface area contributed by atoms with Crippen LogP contribution >= 0.6 is 15.9 Å². The first-order chi connectivity index (χ1) is 9.49. The second-order valence-corrected chi connectivity index (χ2v) is 5.33. The van der Waals surface area contributed by atoms with Crippen LogP contribution in [0.1, 0.15) is 17.2 Å². The van der Waals surface area contributed by atoms with Gasteiger partial charge in [-0.15, -0.1) is 0 Å². The molecule has 5 heteroatoms. The number of hydrogen-bond acceptors (Lipinski definition) is 2. The van der Waals surface area contributed by atoms with Crippen molar-refractivity contribution in [3.63, 3.8) is 0 Å². The zero-order chi connectivity index (χ0) is 14.7. The molecule has 106 valence electrons. The fourth-order valence-corrected chi connectivity index (χ4v) is 2.25. The second-order valence-electron chi connectivity index (χ2n) is 4.47. The molecule has 1 unspecified atom stereocenters. The molecule has 0 saturated heterocycles. The topological polar surface area (TPSA) is 32.3 Å². The van der Waals surface area contributed by atoms with Crippen LogP contribution in [0.3, 0.4) is 0 Å². The van der Waals surface area contributed by atoms with Gasteiger partial charge in [-0.2, -0.15) is 0 Å². The summed E-state index contributed by atoms with van der Waals surface area (Å²) in [5.41, 5.74) is 1.92. The first-order valence-electron chi connectivity index (χ1n) is 6.11. The van der Waals surface area contributed by atoms with Gasteiger partial charge in [-0.25, -0.2) is 8.78 Å². The second kappa shape index (κ2) is 6.33. The van der Waals surface area contributed by atoms with Crippen molar-refractivity contribution in [1.29, 1.82) is 0 Å². The summed E-state index contributed by atoms with van der Waals surface area (Å²) in [5.74, 6) is -1.40. The van der Waals surface area contributed by atoms with Crippen molar-refractivity contribution in [2.45, 2.75) is 13.0 Å². The summed E-state index contributed by atoms with van der Waals surface area (Å²) < 4.78 is 27.3. The third-order valence-corrected chi connectivity index (χ3v) is 3.93. The van der Waals surface area contributed by atoms with Crippen LogP contribution in [0.5, 0.6) is 0 Å². The molecule has 0 aromatic heterocycles. The first-order valence-corrected chi connectivity index (χ1v) is 6.90. The molecule has 0 radical (unpaired) electrons. The van der Waals surface area contributed by atoms with Crippen molar-refractivity contribution in [3.8, 4) is 0 Å². The Morgan fingerprint density at radius 2 is 2.00 bits per heavy atom. The summed E-state index contributed by atoms with van der Waals surface area (Å²) in [6.07, 6.45) is -1.05. The number of nitrogens with one attached hydrogen (secondary N) is 1. The molecule has 2 aromatic rings. The summed E-state index contributed by atoms with van der Waals surface area (Å²) in [6, 6.07) is 8.80. The molecule has 0 aliphatic heterocycles. The SMILES string of the molecule is Cc1c(Br)cccc1NCC(O)c1ccc(F)cc1F. The van der Waals surface area contributed by atoms with Gasteiger partial charge in [0.2, 0.25) is 0 Å². The quantitative estimate of drug-likeness (QED) is 0.874. The van der Waals surface area contributed by atoms with Crippen molar-refractivity contribution >= 4 is 21.6 Å². The van der Waals surface area contributed by atoms with Crippen LogP contribution in [0.15, 0.2) is 40.9 Å². The monoisotopic (exact) mass is 341 g/mol. The zero-order valence-corrected chi connectivity index (χ0v) is 12.4. The van der Waals surface area contributed by atoms with E-state index >= 15 is 0 Å². The number of anilines is 1. The highest BCUT2D eigenvalue weighted by molar-refractivity contribution is 9.10. The maximum atomic E-state index is 13.5. The van der Waals surface area contributed by atoms with Crippen LogP contribution in [-0.2, 0) is 0 Å². The van der Waals surface area contributed by atoms with Gasteiger partial charge < -0.3 is 10.4 Å². The van der Waals surface area contributed by atoms with Crippen LogP contribution in [-0.4, -0.2) is 11.7 Å². The van der Waals surface area contributed by atoms with Crippen LogP contribution < -0.4 is 5.32 Å². The van der Waals surface area contributed by atoms with Crippen LogP contribution in [0.2, 0.25) is 0 Å². The highest BCUT2D eigenvalue weighted by Crippen LogP contribution is 2.25. The molecule has 2 aromatic carbocycles. The van der Waals surface area contributed by atoms with Gasteiger partial charge in [0, 0.05) is 28.3 Å². The average Bonchev–Trinajstić information content (AvgIpc) is 2.40. The van der Waals surface area contributed by atoms with E-state index in [0.29, 0.717) is 0 Å². The van der Waals surface area contributed by atoms with Crippen LogP contribution in [0.25, 0.3) is 0 Å². The molecular formula is C15H14BrF2NO. The predicted molar refractivity (Wildman–Crippen MR) is 78.7 cm³/mol. The Kier molecular flexibility index (Phi) is 4.73. The Bertz CT molecular complexity index is 619. The Morgan fingerprint density at radius 1 is 1.25 bits per heavy atom. The van der Waals surface area contributed by atoms with Crippen molar-refractivity contribution in [1.82, 2.24) is 0 Å². The lowest BCUT2D eigenvalue weighted by Crippen LogP contribution is -2.14. The molecule has 0 amide bonds. The van der Waals surface area contributed by atoms with Crippen molar-refractivity contribution in [2.75, 3.05) is 11.9 Å². The molecular weight excluding hydrogens is 328 g/mol. The van der Waals surface area contributed by atoms with E-state index in [4.69, 9.17) is 0 Å². The lowest BCUT2D eigenvalue weighted by atomic mass is 10.1. The molecule has 0 saturated carbocycles. The van der Waals surface area contributed by atoms with Gasteiger partial charge in [0.25, 0.3) is 0 Å². The molecule has 20 heavy (non-hydrogen) atoms. The van der Waals surface area contributed by atoms with Crippen LogP contribution in [0, 0.1) is 18.6 Å². The summed E-state index contributed by atoms with van der Waals surface area (Å²) in [6.45, 7) is 2.07. The van der Waals surface area contributed by atoms with Crippen molar-refractivity contribution in [2.24, 2.45) is 0 Å². The molecule has 0 aliphatic rings. The number of aliphatic hydroxyl groups excluding tert-OH is 1. The molecule has 0 aliphatic carbocycles. The molecule has 0 fully saturated rings. The number of benzene rings is 2. The minimum Gasteiger partial charge on any atom is -0.386 e. The molecule has 0 heterocycles. The maximum Gasteiger partial charge on any atom is 0.131 e. The van der Waals surface area contributed by atoms with E-state index in [9.17, 15) is 13.9 Å². The maximum absolute atomic E-state index is 13.5. The summed E-state index contributed by atoms with van der Waals surface area (Å²) >= 11 is 3.41. The van der Waals surface area contributed by atoms with Gasteiger partial charge in [-0.3, -0.25) is 0 Å². The van der Waals surface area contributed by atoms with Gasteiger partial charge in [-0.05, 0) is 30.7 Å². The fraction of sp³-hybridized carbons (Fsp3) is 0.200. The van der Waals surface area contributed by atoms with Gasteiger partial charge in [0.05, 0.1) is 6.10 Å². The molecule has 2 nitrogen and oxygen atoms in total. The molecule has 0 spiro atoms. The van der Waals surface area contributed by atoms with E-state index in [2.05, 4.69) is 21.2 Å². The van der Waals surface area contributed by atoms with E-state index in [1.807, 2.05) is 25.1 Å². The molecule has 2 rings (SSSR count). The van der Waals surface area contributed by atoms with E-state index < -0.39 is 17.7 Å². The highest BCUT2D eigenvalue weighted by Gasteiger charge is 2.13. The van der Waals surface area contributed by atoms with E-state index in [0.717, 1.165) is 27.9 Å². The third kappa shape index (κ3) is 3.35. The van der Waals surface area contributed by atoms with Gasteiger partial charge in [-0.1, -0.05) is 28.1 Å². The van der Waals surface area contributed by atoms with E-state index in [-0.39, 0.29) is 12.1 Å². The smallest absolute Gasteiger partial charge is 0.131 e. The number of hydrogen-bond donors (Lipinski definition) is 2. The minimum absolute atomic E-state index is 0.0755. The predicted octanol–water partition coefficient (Wildman–Crippen LogP) is 4.18. The highest BCUT2D eigenvalue weighted by atomic mass is 79.9. The lowest BCUT2D eigenvalue weighted by molar-refractivity contribution is 0.186. The first kappa shape index (κ1) is 14.9. The third-order valence-electron chi connectivity index (χ3n) is 3.08. The number of aliphatic hydroxyl groups is 1. The molecule has 0 bridgehead atoms.